The second-order valence-corrected chi connectivity index (χ2v) is 7.76. The van der Waals surface area contributed by atoms with Crippen molar-refractivity contribution in [3.05, 3.63) is 36.2 Å². The van der Waals surface area contributed by atoms with Crippen molar-refractivity contribution in [2.75, 3.05) is 13.6 Å². The van der Waals surface area contributed by atoms with Crippen molar-refractivity contribution in [3.63, 3.8) is 0 Å². The number of nitrogens with zero attached hydrogens (tertiary/aromatic N) is 4. The van der Waals surface area contributed by atoms with Crippen LogP contribution in [0.3, 0.4) is 0 Å². The molecule has 0 unspecified atom stereocenters. The summed E-state index contributed by atoms with van der Waals surface area (Å²) >= 11 is 0. The zero-order chi connectivity index (χ0) is 18.8. The van der Waals surface area contributed by atoms with Gasteiger partial charge < -0.3 is 9.80 Å². The highest BCUT2D eigenvalue weighted by molar-refractivity contribution is 5.84. The van der Waals surface area contributed by atoms with E-state index in [2.05, 4.69) is 9.97 Å². The lowest BCUT2D eigenvalue weighted by molar-refractivity contribution is -0.144. The molecule has 0 spiro atoms. The van der Waals surface area contributed by atoms with Crippen LogP contribution in [0.15, 0.2) is 30.5 Å². The molecule has 1 atom stereocenters. The molecule has 2 heterocycles. The largest absolute Gasteiger partial charge is 0.339 e. The molecule has 1 aliphatic heterocycles. The van der Waals surface area contributed by atoms with Gasteiger partial charge in [-0.25, -0.2) is 4.98 Å². The van der Waals surface area contributed by atoms with E-state index in [-0.39, 0.29) is 17.7 Å². The van der Waals surface area contributed by atoms with Crippen LogP contribution in [0, 0.1) is 5.92 Å². The number of para-hydroxylation sites is 2. The van der Waals surface area contributed by atoms with E-state index < -0.39 is 0 Å². The van der Waals surface area contributed by atoms with Crippen LogP contribution in [0.4, 0.5) is 0 Å². The van der Waals surface area contributed by atoms with E-state index in [1.165, 1.54) is 12.8 Å². The third-order valence-electron chi connectivity index (χ3n) is 5.83. The molecule has 2 aromatic rings. The molecule has 2 fully saturated rings. The van der Waals surface area contributed by atoms with Crippen molar-refractivity contribution in [2.24, 2.45) is 5.92 Å². The van der Waals surface area contributed by atoms with Gasteiger partial charge in [0, 0.05) is 26.1 Å². The number of likely N-dealkylation sites (tertiary alicyclic amines) is 1. The number of aromatic nitrogens is 2. The Morgan fingerprint density at radius 1 is 1.19 bits per heavy atom. The van der Waals surface area contributed by atoms with E-state index in [1.807, 2.05) is 36.2 Å². The van der Waals surface area contributed by atoms with Crippen molar-refractivity contribution in [1.82, 2.24) is 19.8 Å². The number of hydrogen-bond acceptors (Lipinski definition) is 4. The number of rotatable bonds is 4. The van der Waals surface area contributed by atoms with E-state index >= 15 is 0 Å². The summed E-state index contributed by atoms with van der Waals surface area (Å²) in [6.07, 6.45) is 7.40. The van der Waals surface area contributed by atoms with Gasteiger partial charge in [-0.1, -0.05) is 25.0 Å². The monoisotopic (exact) mass is 366 g/mol. The number of piperidine rings is 1. The van der Waals surface area contributed by atoms with Crippen LogP contribution in [0.25, 0.3) is 11.0 Å². The molecule has 1 saturated carbocycles. The average molecular weight is 366 g/mol. The van der Waals surface area contributed by atoms with Gasteiger partial charge in [0.1, 0.15) is 0 Å². The molecule has 0 N–H and O–H groups in total. The lowest BCUT2D eigenvalue weighted by atomic mass is 9.94. The number of carbonyl (C=O) groups is 2. The highest BCUT2D eigenvalue weighted by Crippen LogP contribution is 2.29. The Bertz CT molecular complexity index is 847. The Hall–Kier alpha value is -2.50. The summed E-state index contributed by atoms with van der Waals surface area (Å²) in [5.74, 6) is 0.205. The predicted octanol–water partition coefficient (Wildman–Crippen LogP) is 2.77. The van der Waals surface area contributed by atoms with Gasteiger partial charge in [0.25, 0.3) is 0 Å². The van der Waals surface area contributed by atoms with Crippen LogP contribution in [0.2, 0.25) is 0 Å². The lowest BCUT2D eigenvalue weighted by Gasteiger charge is -2.37. The van der Waals surface area contributed by atoms with Crippen LogP contribution in [-0.4, -0.2) is 51.2 Å². The molecule has 2 amide bonds. The highest BCUT2D eigenvalue weighted by Gasteiger charge is 2.36. The predicted molar refractivity (Wildman–Crippen MR) is 103 cm³/mol. The van der Waals surface area contributed by atoms with Crippen molar-refractivity contribution in [2.45, 2.75) is 51.1 Å². The third kappa shape index (κ3) is 3.80. The average Bonchev–Trinajstić information content (AvgIpc) is 3.22. The fourth-order valence-corrected chi connectivity index (χ4v) is 4.35. The molecule has 1 aliphatic carbocycles. The molecule has 4 rings (SSSR count). The minimum Gasteiger partial charge on any atom is -0.339 e. The SMILES string of the molecule is CN(Cc1cnc2ccccc2n1)C(=O)[C@@H]1CCC(=O)N(C2CCCC2)C1. The normalized spacial score (nSPS) is 21.0. The van der Waals surface area contributed by atoms with Gasteiger partial charge in [-0.3, -0.25) is 14.6 Å². The molecule has 0 radical (unpaired) electrons. The number of fused-ring (bicyclic) bond motifs is 1. The molecule has 6 heteroatoms. The quantitative estimate of drug-likeness (QED) is 0.834. The zero-order valence-electron chi connectivity index (χ0n) is 15.8. The first-order valence-corrected chi connectivity index (χ1v) is 9.87. The van der Waals surface area contributed by atoms with E-state index in [4.69, 9.17) is 0 Å². The van der Waals surface area contributed by atoms with Crippen molar-refractivity contribution >= 4 is 22.8 Å². The molecule has 142 valence electrons. The topological polar surface area (TPSA) is 66.4 Å². The third-order valence-corrected chi connectivity index (χ3v) is 5.83. The molecule has 1 saturated heterocycles. The highest BCUT2D eigenvalue weighted by atomic mass is 16.2. The second-order valence-electron chi connectivity index (χ2n) is 7.76. The van der Waals surface area contributed by atoms with Crippen LogP contribution < -0.4 is 0 Å². The Morgan fingerprint density at radius 2 is 1.93 bits per heavy atom. The van der Waals surface area contributed by atoms with Gasteiger partial charge in [-0.05, 0) is 31.4 Å². The summed E-state index contributed by atoms with van der Waals surface area (Å²) in [5.41, 5.74) is 2.48. The molecular formula is C21H26N4O2. The van der Waals surface area contributed by atoms with Gasteiger partial charge in [0.15, 0.2) is 0 Å². The maximum absolute atomic E-state index is 13.0. The Morgan fingerprint density at radius 3 is 2.70 bits per heavy atom. The van der Waals surface area contributed by atoms with Gasteiger partial charge >= 0.3 is 0 Å². The van der Waals surface area contributed by atoms with E-state index in [0.29, 0.717) is 32.0 Å². The van der Waals surface area contributed by atoms with Crippen molar-refractivity contribution < 1.29 is 9.59 Å². The smallest absolute Gasteiger partial charge is 0.227 e. The molecule has 1 aromatic heterocycles. The maximum Gasteiger partial charge on any atom is 0.227 e. The zero-order valence-corrected chi connectivity index (χ0v) is 15.8. The summed E-state index contributed by atoms with van der Waals surface area (Å²) < 4.78 is 0. The van der Waals surface area contributed by atoms with Crippen LogP contribution in [-0.2, 0) is 16.1 Å². The van der Waals surface area contributed by atoms with Crippen molar-refractivity contribution in [3.8, 4) is 0 Å². The number of hydrogen-bond donors (Lipinski definition) is 0. The summed E-state index contributed by atoms with van der Waals surface area (Å²) in [5, 5.41) is 0. The van der Waals surface area contributed by atoms with E-state index in [0.717, 1.165) is 29.6 Å². The Kier molecular flexibility index (Phi) is 5.05. The first-order valence-electron chi connectivity index (χ1n) is 9.87. The molecule has 0 bridgehead atoms. The lowest BCUT2D eigenvalue weighted by Crippen LogP contribution is -2.49. The molecule has 2 aliphatic rings. The Labute approximate surface area is 159 Å². The molecule has 6 nitrogen and oxygen atoms in total. The van der Waals surface area contributed by atoms with Crippen LogP contribution in [0.5, 0.6) is 0 Å². The standard InChI is InChI=1S/C21H26N4O2/c1-24(14-16-12-22-18-8-4-5-9-19(18)23-16)21(27)15-10-11-20(26)25(13-15)17-6-2-3-7-17/h4-5,8-9,12,15,17H,2-3,6-7,10-11,13-14H2,1H3/t15-/m1/s1. The first-order chi connectivity index (χ1) is 13.1. The maximum atomic E-state index is 13.0. The molecule has 1 aromatic carbocycles. The molecular weight excluding hydrogens is 340 g/mol. The number of benzene rings is 1. The Balaban J connectivity index is 1.42. The number of carbonyl (C=O) groups excluding carboxylic acids is 2. The van der Waals surface area contributed by atoms with E-state index in [9.17, 15) is 9.59 Å². The molecule has 27 heavy (non-hydrogen) atoms. The summed E-state index contributed by atoms with van der Waals surface area (Å²) in [7, 11) is 1.82. The van der Waals surface area contributed by atoms with Gasteiger partial charge in [-0.15, -0.1) is 0 Å². The van der Waals surface area contributed by atoms with E-state index in [1.54, 1.807) is 11.1 Å². The second kappa shape index (κ2) is 7.62. The summed E-state index contributed by atoms with van der Waals surface area (Å²) in [4.78, 5) is 38.0. The number of amides is 2. The van der Waals surface area contributed by atoms with Gasteiger partial charge in [0.05, 0.1) is 35.4 Å². The van der Waals surface area contributed by atoms with Crippen LogP contribution in [0.1, 0.15) is 44.2 Å². The van der Waals surface area contributed by atoms with Gasteiger partial charge in [0.2, 0.25) is 11.8 Å². The summed E-state index contributed by atoms with van der Waals surface area (Å²) in [6.45, 7) is 1.00. The summed E-state index contributed by atoms with van der Waals surface area (Å²) in [6, 6.07) is 8.07. The first kappa shape index (κ1) is 17.9. The van der Waals surface area contributed by atoms with Gasteiger partial charge in [-0.2, -0.15) is 0 Å². The van der Waals surface area contributed by atoms with Crippen LogP contribution >= 0.6 is 0 Å². The fourth-order valence-electron chi connectivity index (χ4n) is 4.35. The fraction of sp³-hybridized carbons (Fsp3) is 0.524. The van der Waals surface area contributed by atoms with Crippen molar-refractivity contribution in [1.29, 1.82) is 0 Å². The minimum atomic E-state index is -0.110. The minimum absolute atomic E-state index is 0.0976.